The summed E-state index contributed by atoms with van der Waals surface area (Å²) in [5.41, 5.74) is 7.43. The molecule has 3 N–H and O–H groups in total. The smallest absolute Gasteiger partial charge is 0.300 e. The fraction of sp³-hybridized carbons (Fsp3) is 0.348. The molecule has 5 rings (SSSR count). The van der Waals surface area contributed by atoms with Crippen molar-refractivity contribution in [3.63, 3.8) is 0 Å². The van der Waals surface area contributed by atoms with Crippen LogP contribution in [0.2, 0.25) is 10.0 Å². The molecule has 0 radical (unpaired) electrons. The topological polar surface area (TPSA) is 88.9 Å². The van der Waals surface area contributed by atoms with Crippen molar-refractivity contribution in [1.29, 1.82) is 0 Å². The predicted molar refractivity (Wildman–Crippen MR) is 135 cm³/mol. The van der Waals surface area contributed by atoms with Crippen LogP contribution in [0.25, 0.3) is 0 Å². The fourth-order valence-electron chi connectivity index (χ4n) is 3.91. The highest BCUT2D eigenvalue weighted by Gasteiger charge is 2.27. The Kier molecular flexibility index (Phi) is 6.87. The third kappa shape index (κ3) is 5.44. The predicted octanol–water partition coefficient (Wildman–Crippen LogP) is 2.86. The lowest BCUT2D eigenvalue weighted by atomic mass is 10.1. The Balaban J connectivity index is 1.35. The third-order valence-corrected chi connectivity index (χ3v) is 6.59. The Bertz CT molecular complexity index is 1120. The normalized spacial score (nSPS) is 24.3. The van der Waals surface area contributed by atoms with Crippen molar-refractivity contribution in [2.24, 2.45) is 15.0 Å². The van der Waals surface area contributed by atoms with Crippen LogP contribution >= 0.6 is 23.2 Å². The van der Waals surface area contributed by atoms with Gasteiger partial charge in [-0.2, -0.15) is 4.99 Å². The molecule has 0 bridgehead atoms. The number of benzene rings is 2. The first-order valence-electron chi connectivity index (χ1n) is 11.2. The van der Waals surface area contributed by atoms with E-state index in [0.717, 1.165) is 43.5 Å². The second-order valence-corrected chi connectivity index (χ2v) is 9.15. The molecule has 178 valence electrons. The number of hydrogen-bond donors (Lipinski definition) is 3. The van der Waals surface area contributed by atoms with Gasteiger partial charge >= 0.3 is 6.02 Å². The number of rotatable bonds is 3. The second kappa shape index (κ2) is 10.2. The van der Waals surface area contributed by atoms with Crippen LogP contribution in [0.5, 0.6) is 5.75 Å². The molecule has 0 aromatic heterocycles. The summed E-state index contributed by atoms with van der Waals surface area (Å²) in [6.45, 7) is 3.65. The average Bonchev–Trinajstić information content (AvgIpc) is 3.30. The molecule has 11 heteroatoms. The zero-order valence-electron chi connectivity index (χ0n) is 18.7. The van der Waals surface area contributed by atoms with Gasteiger partial charge in [-0.1, -0.05) is 47.5 Å². The van der Waals surface area contributed by atoms with Crippen LogP contribution in [0.1, 0.15) is 18.0 Å². The molecule has 0 spiro atoms. The molecule has 34 heavy (non-hydrogen) atoms. The maximum atomic E-state index is 6.19. The van der Waals surface area contributed by atoms with Gasteiger partial charge in [-0.15, -0.1) is 0 Å². The van der Waals surface area contributed by atoms with Gasteiger partial charge in [0.15, 0.2) is 0 Å². The molecule has 9 nitrogen and oxygen atoms in total. The maximum Gasteiger partial charge on any atom is 0.300 e. The molecule has 2 aromatic carbocycles. The average molecular weight is 501 g/mol. The van der Waals surface area contributed by atoms with E-state index in [2.05, 4.69) is 38.0 Å². The van der Waals surface area contributed by atoms with Gasteiger partial charge in [0.25, 0.3) is 0 Å². The van der Waals surface area contributed by atoms with Crippen LogP contribution in [0, 0.1) is 0 Å². The van der Waals surface area contributed by atoms with E-state index in [9.17, 15) is 0 Å². The van der Waals surface area contributed by atoms with E-state index in [-0.39, 0.29) is 6.04 Å². The van der Waals surface area contributed by atoms with Gasteiger partial charge in [0.2, 0.25) is 12.2 Å². The summed E-state index contributed by atoms with van der Waals surface area (Å²) < 4.78 is 6.00. The molecular weight excluding hydrogens is 475 g/mol. The number of likely N-dealkylation sites (N-methyl/N-ethyl adjacent to an activating group) is 1. The first kappa shape index (κ1) is 22.9. The number of hydrogen-bond acceptors (Lipinski definition) is 8. The number of para-hydroxylation sites is 1. The van der Waals surface area contributed by atoms with E-state index in [4.69, 9.17) is 37.9 Å². The van der Waals surface area contributed by atoms with Crippen LogP contribution in [0.4, 0.5) is 0 Å². The lowest BCUT2D eigenvalue weighted by molar-refractivity contribution is 0.211. The minimum Gasteiger partial charge on any atom is -0.426 e. The van der Waals surface area contributed by atoms with Crippen molar-refractivity contribution in [1.82, 2.24) is 26.0 Å². The summed E-state index contributed by atoms with van der Waals surface area (Å²) in [7, 11) is 2.12. The number of amidine groups is 2. The van der Waals surface area contributed by atoms with Gasteiger partial charge in [0.05, 0.1) is 16.1 Å². The first-order chi connectivity index (χ1) is 16.5. The van der Waals surface area contributed by atoms with E-state index in [1.807, 2.05) is 42.5 Å². The summed E-state index contributed by atoms with van der Waals surface area (Å²) >= 11 is 12.2. The van der Waals surface area contributed by atoms with Gasteiger partial charge in [-0.3, -0.25) is 5.32 Å². The van der Waals surface area contributed by atoms with Crippen LogP contribution in [-0.2, 0) is 0 Å². The number of hydrazine groups is 1. The van der Waals surface area contributed by atoms with Crippen molar-refractivity contribution >= 4 is 41.0 Å². The van der Waals surface area contributed by atoms with Gasteiger partial charge in [0.1, 0.15) is 11.6 Å². The molecule has 3 heterocycles. The lowest BCUT2D eigenvalue weighted by Gasteiger charge is -2.35. The number of aliphatic imine (C=N–C) groups is 3. The molecule has 2 unspecified atom stereocenters. The number of ether oxygens (including phenoxy) is 1. The highest BCUT2D eigenvalue weighted by molar-refractivity contribution is 6.42. The number of halogens is 2. The van der Waals surface area contributed by atoms with Crippen LogP contribution < -0.4 is 20.9 Å². The van der Waals surface area contributed by atoms with Crippen LogP contribution in [0.15, 0.2) is 63.5 Å². The minimum absolute atomic E-state index is 0.0142. The summed E-state index contributed by atoms with van der Waals surface area (Å²) in [4.78, 5) is 18.6. The number of guanidine groups is 1. The Morgan fingerprint density at radius 2 is 1.79 bits per heavy atom. The molecule has 0 amide bonds. The Morgan fingerprint density at radius 1 is 1.00 bits per heavy atom. The van der Waals surface area contributed by atoms with Gasteiger partial charge in [0, 0.05) is 32.6 Å². The van der Waals surface area contributed by atoms with Crippen LogP contribution in [0.3, 0.4) is 0 Å². The molecule has 2 atom stereocenters. The summed E-state index contributed by atoms with van der Waals surface area (Å²) in [5, 5.41) is 4.30. The van der Waals surface area contributed by atoms with E-state index in [1.54, 1.807) is 6.07 Å². The van der Waals surface area contributed by atoms with Crippen molar-refractivity contribution in [2.45, 2.75) is 18.8 Å². The Hall–Kier alpha value is -2.85. The molecule has 3 aliphatic heterocycles. The highest BCUT2D eigenvalue weighted by Crippen LogP contribution is 2.28. The SMILES string of the molecule is CN1CCN(C2=NC(N=C3CC(c4ccc(Cl)c(Cl)c4)NN3)N=C(Oc3ccccc3)N2)CC1. The number of nitrogens with zero attached hydrogens (tertiary/aromatic N) is 5. The molecule has 0 saturated carbocycles. The maximum absolute atomic E-state index is 6.19. The monoisotopic (exact) mass is 500 g/mol. The summed E-state index contributed by atoms with van der Waals surface area (Å²) in [6, 6.07) is 15.6. The van der Waals surface area contributed by atoms with Crippen molar-refractivity contribution in [3.05, 3.63) is 64.1 Å². The van der Waals surface area contributed by atoms with E-state index >= 15 is 0 Å². The standard InChI is InChI=1S/C23H26Cl2N8O/c1-32-9-11-33(12-10-32)22-27-21(28-23(29-22)34-16-5-3-2-4-6-16)26-20-14-19(30-31-20)15-7-8-17(24)18(25)13-15/h2-8,13,19,21,30H,9-12,14H2,1H3,(H,26,31)(H,27,28,29). The van der Waals surface area contributed by atoms with Gasteiger partial charge in [-0.05, 0) is 36.9 Å². The molecule has 2 fully saturated rings. The van der Waals surface area contributed by atoms with Gasteiger partial charge < -0.3 is 20.0 Å². The Labute approximate surface area is 208 Å². The third-order valence-electron chi connectivity index (χ3n) is 5.86. The summed E-state index contributed by atoms with van der Waals surface area (Å²) in [5.74, 6) is 2.17. The lowest BCUT2D eigenvalue weighted by Crippen LogP contribution is -2.55. The molecule has 0 aliphatic carbocycles. The van der Waals surface area contributed by atoms with Crippen molar-refractivity contribution in [2.75, 3.05) is 33.2 Å². The van der Waals surface area contributed by atoms with Gasteiger partial charge in [-0.25, -0.2) is 15.4 Å². The highest BCUT2D eigenvalue weighted by atomic mass is 35.5. The van der Waals surface area contributed by atoms with Crippen LogP contribution in [-0.4, -0.2) is 67.1 Å². The zero-order valence-corrected chi connectivity index (χ0v) is 20.2. The molecule has 2 aromatic rings. The van der Waals surface area contributed by atoms with E-state index in [0.29, 0.717) is 28.2 Å². The van der Waals surface area contributed by atoms with E-state index < -0.39 is 6.29 Å². The number of nitrogens with one attached hydrogen (secondary N) is 3. The largest absolute Gasteiger partial charge is 0.426 e. The first-order valence-corrected chi connectivity index (χ1v) is 11.9. The minimum atomic E-state index is -0.661. The second-order valence-electron chi connectivity index (χ2n) is 8.34. The van der Waals surface area contributed by atoms with Crippen molar-refractivity contribution in [3.8, 4) is 5.75 Å². The quantitative estimate of drug-likeness (QED) is 0.600. The fourth-order valence-corrected chi connectivity index (χ4v) is 4.22. The Morgan fingerprint density at radius 3 is 2.56 bits per heavy atom. The van der Waals surface area contributed by atoms with E-state index in [1.165, 1.54) is 0 Å². The number of piperazine rings is 1. The molecular formula is C23H26Cl2N8O. The van der Waals surface area contributed by atoms with Crippen molar-refractivity contribution < 1.29 is 4.74 Å². The molecule has 3 aliphatic rings. The molecule has 2 saturated heterocycles. The zero-order chi connectivity index (χ0) is 23.5. The summed E-state index contributed by atoms with van der Waals surface area (Å²) in [6.07, 6.45) is -0.0162.